The van der Waals surface area contributed by atoms with Crippen molar-refractivity contribution >= 4 is 15.9 Å². The van der Waals surface area contributed by atoms with E-state index < -0.39 is 64.5 Å². The fourth-order valence-electron chi connectivity index (χ4n) is 2.48. The summed E-state index contributed by atoms with van der Waals surface area (Å²) in [5.41, 5.74) is -9.83. The number of halogens is 12. The van der Waals surface area contributed by atoms with Crippen molar-refractivity contribution in [2.24, 2.45) is 0 Å². The van der Waals surface area contributed by atoms with Crippen LogP contribution in [0.25, 0.3) is 0 Å². The lowest BCUT2D eigenvalue weighted by molar-refractivity contribution is -0.350. The van der Waals surface area contributed by atoms with Gasteiger partial charge in [0.05, 0.1) is 17.3 Å². The van der Waals surface area contributed by atoms with E-state index in [1.165, 1.54) is 0 Å². The van der Waals surface area contributed by atoms with Crippen molar-refractivity contribution in [1.82, 2.24) is 4.98 Å². The Bertz CT molecular complexity index is 680. The van der Waals surface area contributed by atoms with Gasteiger partial charge in [0.25, 0.3) is 0 Å². The van der Waals surface area contributed by atoms with Gasteiger partial charge >= 0.3 is 29.9 Å². The second-order valence-electron chi connectivity index (χ2n) is 5.65. The van der Waals surface area contributed by atoms with Crippen LogP contribution in [-0.2, 0) is 11.0 Å². The summed E-state index contributed by atoms with van der Waals surface area (Å²) in [5.74, 6) is -11.6. The molecular formula is C13H7BrF11N. The van der Waals surface area contributed by atoms with Gasteiger partial charge in [0.2, 0.25) is 0 Å². The Kier molecular flexibility index (Phi) is 4.83. The van der Waals surface area contributed by atoms with Crippen LogP contribution in [-0.4, -0.2) is 29.2 Å². The van der Waals surface area contributed by atoms with Crippen molar-refractivity contribution in [2.75, 3.05) is 0 Å². The van der Waals surface area contributed by atoms with Gasteiger partial charge in [0.15, 0.2) is 0 Å². The topological polar surface area (TPSA) is 12.9 Å². The fourth-order valence-corrected chi connectivity index (χ4v) is 2.77. The predicted octanol–water partition coefficient (Wildman–Crippen LogP) is 6.02. The van der Waals surface area contributed by atoms with E-state index in [1.807, 2.05) is 0 Å². The van der Waals surface area contributed by atoms with Gasteiger partial charge in [-0.05, 0) is 17.7 Å². The summed E-state index contributed by atoms with van der Waals surface area (Å²) in [6, 6.07) is 0.431. The van der Waals surface area contributed by atoms with Crippen LogP contribution in [0.3, 0.4) is 0 Å². The first-order chi connectivity index (χ1) is 11.5. The van der Waals surface area contributed by atoms with Gasteiger partial charge in [0.1, 0.15) is 0 Å². The normalized spacial score (nSPS) is 22.8. The number of nitrogens with zero attached hydrogens (tertiary/aromatic N) is 1. The fraction of sp³-hybridized carbons (Fsp3) is 0.615. The Morgan fingerprint density at radius 2 is 1.46 bits per heavy atom. The minimum Gasteiger partial charge on any atom is -0.253 e. The Balaban J connectivity index is 2.65. The van der Waals surface area contributed by atoms with Crippen LogP contribution in [0.5, 0.6) is 0 Å². The first-order valence-electron chi connectivity index (χ1n) is 6.64. The maximum Gasteiger partial charge on any atom is 0.437 e. The SMILES string of the molecule is FC(F)(F)C(F)(c1cc(C2CC(F)(F)C2(F)F)cc(CBr)n1)C(F)(F)F. The molecule has 0 N–H and O–H groups in total. The highest BCUT2D eigenvalue weighted by Crippen LogP contribution is 2.60. The number of aromatic nitrogens is 1. The Morgan fingerprint density at radius 3 is 1.81 bits per heavy atom. The second kappa shape index (κ2) is 5.93. The molecule has 1 fully saturated rings. The van der Waals surface area contributed by atoms with Crippen molar-refractivity contribution in [3.8, 4) is 0 Å². The van der Waals surface area contributed by atoms with Gasteiger partial charge in [-0.25, -0.2) is 4.39 Å². The third kappa shape index (κ3) is 2.95. The zero-order chi connectivity index (χ0) is 20.3. The summed E-state index contributed by atoms with van der Waals surface area (Å²) < 4.78 is 144. The minimum atomic E-state index is -6.51. The lowest BCUT2D eigenvalue weighted by atomic mass is 9.72. The van der Waals surface area contributed by atoms with Gasteiger partial charge in [-0.1, -0.05) is 15.9 Å². The highest BCUT2D eigenvalue weighted by molar-refractivity contribution is 9.08. The van der Waals surface area contributed by atoms with Crippen molar-refractivity contribution < 1.29 is 48.3 Å². The van der Waals surface area contributed by atoms with E-state index in [4.69, 9.17) is 0 Å². The van der Waals surface area contributed by atoms with Crippen LogP contribution >= 0.6 is 15.9 Å². The number of alkyl halides is 12. The molecule has 0 amide bonds. The number of pyridine rings is 1. The van der Waals surface area contributed by atoms with E-state index in [-0.39, 0.29) is 6.07 Å². The molecule has 0 spiro atoms. The van der Waals surface area contributed by atoms with E-state index in [0.717, 1.165) is 0 Å². The molecule has 1 aromatic rings. The zero-order valence-corrected chi connectivity index (χ0v) is 13.7. The molecule has 0 aromatic carbocycles. The zero-order valence-electron chi connectivity index (χ0n) is 12.1. The second-order valence-corrected chi connectivity index (χ2v) is 6.21. The standard InChI is InChI=1S/C13H7BrF11N/c14-4-6-1-5(7-3-9(15,16)11(7,18)19)2-8(26-6)10(17,12(20,21)22)13(23,24)25/h1-2,7H,3-4H2. The van der Waals surface area contributed by atoms with E-state index in [0.29, 0.717) is 6.07 Å². The minimum absolute atomic E-state index is 0.193. The van der Waals surface area contributed by atoms with Crippen LogP contribution in [0.15, 0.2) is 12.1 Å². The Hall–Kier alpha value is -1.14. The maximum absolute atomic E-state index is 14.1. The van der Waals surface area contributed by atoms with Crippen LogP contribution in [0.1, 0.15) is 29.3 Å². The highest BCUT2D eigenvalue weighted by Gasteiger charge is 2.75. The van der Waals surface area contributed by atoms with E-state index >= 15 is 0 Å². The summed E-state index contributed by atoms with van der Waals surface area (Å²) in [4.78, 5) is 2.89. The molecule has 26 heavy (non-hydrogen) atoms. The molecule has 0 aliphatic heterocycles. The third-order valence-corrected chi connectivity index (χ3v) is 4.53. The number of rotatable bonds is 3. The monoisotopic (exact) mass is 465 g/mol. The molecule has 0 bridgehead atoms. The van der Waals surface area contributed by atoms with Crippen molar-refractivity contribution in [3.05, 3.63) is 29.1 Å². The largest absolute Gasteiger partial charge is 0.437 e. The summed E-state index contributed by atoms with van der Waals surface area (Å²) in [7, 11) is 0. The van der Waals surface area contributed by atoms with Gasteiger partial charge in [-0.15, -0.1) is 0 Å². The van der Waals surface area contributed by atoms with Crippen LogP contribution in [0.2, 0.25) is 0 Å². The molecule has 1 aliphatic carbocycles. The first-order valence-corrected chi connectivity index (χ1v) is 7.76. The molecular weight excluding hydrogens is 459 g/mol. The van der Waals surface area contributed by atoms with E-state index in [2.05, 4.69) is 20.9 Å². The van der Waals surface area contributed by atoms with Gasteiger partial charge in [-0.2, -0.15) is 43.9 Å². The van der Waals surface area contributed by atoms with Gasteiger partial charge in [0, 0.05) is 11.8 Å². The lowest BCUT2D eigenvalue weighted by Crippen LogP contribution is -2.57. The highest BCUT2D eigenvalue weighted by atomic mass is 79.9. The molecule has 2 rings (SSSR count). The molecule has 1 saturated carbocycles. The predicted molar refractivity (Wildman–Crippen MR) is 69.0 cm³/mol. The third-order valence-electron chi connectivity index (χ3n) is 3.96. The van der Waals surface area contributed by atoms with Gasteiger partial charge in [-0.3, -0.25) is 4.98 Å². The summed E-state index contributed by atoms with van der Waals surface area (Å²) >= 11 is 2.65. The van der Waals surface area contributed by atoms with Gasteiger partial charge < -0.3 is 0 Å². The Morgan fingerprint density at radius 1 is 0.962 bits per heavy atom. The molecule has 1 heterocycles. The molecule has 1 aromatic heterocycles. The average Bonchev–Trinajstić information content (AvgIpc) is 2.48. The van der Waals surface area contributed by atoms with E-state index in [1.54, 1.807) is 0 Å². The number of hydrogen-bond acceptors (Lipinski definition) is 1. The van der Waals surface area contributed by atoms with E-state index in [9.17, 15) is 48.3 Å². The molecule has 1 aliphatic rings. The molecule has 1 atom stereocenters. The van der Waals surface area contributed by atoms with Crippen molar-refractivity contribution in [1.29, 1.82) is 0 Å². The smallest absolute Gasteiger partial charge is 0.253 e. The quantitative estimate of drug-likeness (QED) is 0.392. The number of hydrogen-bond donors (Lipinski definition) is 0. The van der Waals surface area contributed by atoms with Crippen LogP contribution < -0.4 is 0 Å². The van der Waals surface area contributed by atoms with Crippen LogP contribution in [0.4, 0.5) is 48.3 Å². The lowest BCUT2D eigenvalue weighted by Gasteiger charge is -2.44. The Labute approximate surface area is 146 Å². The summed E-state index contributed by atoms with van der Waals surface area (Å²) in [6.45, 7) is 0. The maximum atomic E-state index is 14.1. The van der Waals surface area contributed by atoms with Crippen molar-refractivity contribution in [2.45, 2.75) is 47.5 Å². The molecule has 148 valence electrons. The molecule has 0 radical (unpaired) electrons. The molecule has 13 heteroatoms. The first kappa shape index (κ1) is 21.2. The molecule has 1 unspecified atom stereocenters. The summed E-state index contributed by atoms with van der Waals surface area (Å²) in [5, 5.41) is -0.520. The molecule has 0 saturated heterocycles. The van der Waals surface area contributed by atoms with Crippen molar-refractivity contribution in [3.63, 3.8) is 0 Å². The van der Waals surface area contributed by atoms with Crippen LogP contribution in [0, 0.1) is 0 Å². The average molecular weight is 466 g/mol. The molecule has 1 nitrogen and oxygen atoms in total. The summed E-state index contributed by atoms with van der Waals surface area (Å²) in [6.07, 6.45) is -14.5.